The summed E-state index contributed by atoms with van der Waals surface area (Å²) in [6.45, 7) is 7.43. The molecule has 4 heterocycles. The number of amides is 3. The molecule has 0 aromatic carbocycles. The van der Waals surface area contributed by atoms with E-state index in [1.807, 2.05) is 26.8 Å². The molecule has 5 rings (SSSR count). The van der Waals surface area contributed by atoms with E-state index >= 15 is 0 Å². The number of carbonyl (C=O) groups excluding carboxylic acids is 3. The minimum atomic E-state index is -1.12. The van der Waals surface area contributed by atoms with E-state index in [1.54, 1.807) is 24.0 Å². The summed E-state index contributed by atoms with van der Waals surface area (Å²) < 4.78 is 11.3. The fourth-order valence-corrected chi connectivity index (χ4v) is 5.03. The van der Waals surface area contributed by atoms with Crippen LogP contribution in [0.25, 0.3) is 0 Å². The van der Waals surface area contributed by atoms with Crippen LogP contribution in [0.5, 0.6) is 0 Å². The van der Waals surface area contributed by atoms with E-state index in [-0.39, 0.29) is 23.8 Å². The van der Waals surface area contributed by atoms with Crippen molar-refractivity contribution < 1.29 is 23.6 Å². The lowest BCUT2D eigenvalue weighted by atomic mass is 9.74. The van der Waals surface area contributed by atoms with E-state index in [2.05, 4.69) is 15.8 Å². The first-order chi connectivity index (χ1) is 14.1. The second kappa shape index (κ2) is 6.16. The third-order valence-corrected chi connectivity index (χ3v) is 6.18. The third kappa shape index (κ3) is 2.79. The Kier molecular flexibility index (Phi) is 3.96. The molecule has 1 aliphatic carbocycles. The fourth-order valence-electron chi connectivity index (χ4n) is 5.03. The van der Waals surface area contributed by atoms with E-state index in [9.17, 15) is 14.4 Å². The maximum Gasteiger partial charge on any atom is 0.246 e. The van der Waals surface area contributed by atoms with E-state index in [1.165, 1.54) is 0 Å². The van der Waals surface area contributed by atoms with Crippen LogP contribution in [-0.4, -0.2) is 57.1 Å². The van der Waals surface area contributed by atoms with Crippen molar-refractivity contribution in [1.82, 2.24) is 15.4 Å². The number of rotatable bonds is 4. The van der Waals surface area contributed by atoms with Gasteiger partial charge in [0.05, 0.1) is 17.9 Å². The SMILES string of the molecule is Cc1cc(NC(=O)[C@@H]2[C@H]3C=C[C@@]4(O3)[C@H]2C(=O)N(C2CC2)[C@@H]4C(=O)NC(C)(C)C)no1. The van der Waals surface area contributed by atoms with Crippen LogP contribution >= 0.6 is 0 Å². The van der Waals surface area contributed by atoms with Crippen LogP contribution in [0.15, 0.2) is 22.7 Å². The van der Waals surface area contributed by atoms with E-state index < -0.39 is 35.1 Å². The van der Waals surface area contributed by atoms with Gasteiger partial charge in [0.1, 0.15) is 17.4 Å². The molecule has 1 spiro atoms. The molecular formula is C21H26N4O5. The van der Waals surface area contributed by atoms with Gasteiger partial charge in [0, 0.05) is 17.6 Å². The van der Waals surface area contributed by atoms with Gasteiger partial charge in [0.2, 0.25) is 17.7 Å². The number of fused-ring (bicyclic) bond motifs is 1. The zero-order valence-corrected chi connectivity index (χ0v) is 17.5. The number of hydrogen-bond donors (Lipinski definition) is 2. The number of ether oxygens (including phenoxy) is 1. The summed E-state index contributed by atoms with van der Waals surface area (Å²) in [6.07, 6.45) is 4.78. The Morgan fingerprint density at radius 3 is 2.60 bits per heavy atom. The van der Waals surface area contributed by atoms with Crippen LogP contribution in [0.2, 0.25) is 0 Å². The molecule has 4 aliphatic rings. The molecule has 30 heavy (non-hydrogen) atoms. The molecule has 2 N–H and O–H groups in total. The molecule has 9 heteroatoms. The topological polar surface area (TPSA) is 114 Å². The summed E-state index contributed by atoms with van der Waals surface area (Å²) >= 11 is 0. The molecule has 1 aromatic rings. The van der Waals surface area contributed by atoms with Crippen molar-refractivity contribution in [2.24, 2.45) is 11.8 Å². The van der Waals surface area contributed by atoms with Gasteiger partial charge in [-0.15, -0.1) is 0 Å². The van der Waals surface area contributed by atoms with Gasteiger partial charge in [-0.2, -0.15) is 0 Å². The van der Waals surface area contributed by atoms with Crippen molar-refractivity contribution in [2.45, 2.75) is 69.9 Å². The largest absolute Gasteiger partial charge is 0.360 e. The Hall–Kier alpha value is -2.68. The predicted molar refractivity (Wildman–Crippen MR) is 105 cm³/mol. The first kappa shape index (κ1) is 19.3. The minimum absolute atomic E-state index is 0.0196. The molecule has 0 unspecified atom stereocenters. The molecule has 3 fully saturated rings. The monoisotopic (exact) mass is 414 g/mol. The zero-order valence-electron chi connectivity index (χ0n) is 17.5. The number of aryl methyl sites for hydroxylation is 1. The quantitative estimate of drug-likeness (QED) is 0.715. The highest BCUT2D eigenvalue weighted by atomic mass is 16.5. The number of likely N-dealkylation sites (tertiary alicyclic amines) is 1. The maximum absolute atomic E-state index is 13.5. The molecule has 3 aliphatic heterocycles. The van der Waals surface area contributed by atoms with E-state index in [0.29, 0.717) is 11.6 Å². The summed E-state index contributed by atoms with van der Waals surface area (Å²) in [5.74, 6) is -1.39. The lowest BCUT2D eigenvalue weighted by Crippen LogP contribution is -2.58. The molecule has 1 aromatic heterocycles. The van der Waals surface area contributed by atoms with Crippen molar-refractivity contribution in [3.05, 3.63) is 24.0 Å². The number of hydrogen-bond acceptors (Lipinski definition) is 6. The lowest BCUT2D eigenvalue weighted by molar-refractivity contribution is -0.142. The Morgan fingerprint density at radius 1 is 1.27 bits per heavy atom. The van der Waals surface area contributed by atoms with Gasteiger partial charge in [-0.3, -0.25) is 14.4 Å². The summed E-state index contributed by atoms with van der Waals surface area (Å²) in [5.41, 5.74) is -1.58. The van der Waals surface area contributed by atoms with Gasteiger partial charge in [-0.1, -0.05) is 17.3 Å². The molecule has 2 saturated heterocycles. The highest BCUT2D eigenvalue weighted by Gasteiger charge is 2.74. The summed E-state index contributed by atoms with van der Waals surface area (Å²) in [7, 11) is 0. The third-order valence-electron chi connectivity index (χ3n) is 6.18. The van der Waals surface area contributed by atoms with Crippen molar-refractivity contribution >= 4 is 23.5 Å². The second-order valence-corrected chi connectivity index (χ2v) is 9.73. The fraction of sp³-hybridized carbons (Fsp3) is 0.619. The Morgan fingerprint density at radius 2 is 2.00 bits per heavy atom. The highest BCUT2D eigenvalue weighted by molar-refractivity contribution is 6.02. The summed E-state index contributed by atoms with van der Waals surface area (Å²) in [6, 6.07) is 0.852. The second-order valence-electron chi connectivity index (χ2n) is 9.73. The van der Waals surface area contributed by atoms with Crippen molar-refractivity contribution in [3.63, 3.8) is 0 Å². The Labute approximate surface area is 174 Å². The van der Waals surface area contributed by atoms with Crippen molar-refractivity contribution in [3.8, 4) is 0 Å². The molecule has 0 radical (unpaired) electrons. The van der Waals surface area contributed by atoms with Gasteiger partial charge in [-0.25, -0.2) is 0 Å². The van der Waals surface area contributed by atoms with Gasteiger partial charge >= 0.3 is 0 Å². The number of aromatic nitrogens is 1. The molecule has 9 nitrogen and oxygen atoms in total. The molecule has 2 bridgehead atoms. The molecule has 3 amide bonds. The smallest absolute Gasteiger partial charge is 0.246 e. The number of nitrogens with one attached hydrogen (secondary N) is 2. The van der Waals surface area contributed by atoms with Gasteiger partial charge in [0.15, 0.2) is 5.82 Å². The first-order valence-electron chi connectivity index (χ1n) is 10.4. The van der Waals surface area contributed by atoms with Gasteiger partial charge in [0.25, 0.3) is 0 Å². The normalized spacial score (nSPS) is 34.4. The zero-order chi connectivity index (χ0) is 21.4. The summed E-state index contributed by atoms with van der Waals surface area (Å²) in [5, 5.41) is 9.54. The first-order valence-corrected chi connectivity index (χ1v) is 10.4. The standard InChI is InChI=1S/C21H26N4O5/c1-10-9-13(24-30-10)22-17(26)14-12-7-8-21(29-12)15(14)19(28)25(11-5-6-11)16(21)18(27)23-20(2,3)4/h7-9,11-12,14-16H,5-6H2,1-4H3,(H,23,27)(H,22,24,26)/t12-,14-,15-,16-,21-/m1/s1. The highest BCUT2D eigenvalue weighted by Crippen LogP contribution is 2.57. The van der Waals surface area contributed by atoms with Crippen LogP contribution in [0, 0.1) is 18.8 Å². The molecule has 160 valence electrons. The number of anilines is 1. The van der Waals surface area contributed by atoms with E-state index in [0.717, 1.165) is 12.8 Å². The summed E-state index contributed by atoms with van der Waals surface area (Å²) in [4.78, 5) is 41.6. The van der Waals surface area contributed by atoms with Crippen molar-refractivity contribution in [1.29, 1.82) is 0 Å². The molecular weight excluding hydrogens is 388 g/mol. The average Bonchev–Trinajstić information content (AvgIpc) is 3.01. The average molecular weight is 414 g/mol. The van der Waals surface area contributed by atoms with Crippen LogP contribution in [0.1, 0.15) is 39.4 Å². The Balaban J connectivity index is 1.48. The predicted octanol–water partition coefficient (Wildman–Crippen LogP) is 1.15. The van der Waals surface area contributed by atoms with Gasteiger partial charge < -0.3 is 24.8 Å². The number of carbonyl (C=O) groups is 3. The van der Waals surface area contributed by atoms with Crippen LogP contribution in [-0.2, 0) is 19.1 Å². The van der Waals surface area contributed by atoms with Crippen molar-refractivity contribution in [2.75, 3.05) is 5.32 Å². The lowest BCUT2D eigenvalue weighted by Gasteiger charge is -2.34. The van der Waals surface area contributed by atoms with Crippen LogP contribution < -0.4 is 10.6 Å². The van der Waals surface area contributed by atoms with Gasteiger partial charge in [-0.05, 0) is 40.5 Å². The number of nitrogens with zero attached hydrogens (tertiary/aromatic N) is 2. The molecule has 5 atom stereocenters. The van der Waals surface area contributed by atoms with E-state index in [4.69, 9.17) is 9.26 Å². The maximum atomic E-state index is 13.5. The van der Waals surface area contributed by atoms with Crippen LogP contribution in [0.3, 0.4) is 0 Å². The Bertz CT molecular complexity index is 959. The molecule has 1 saturated carbocycles. The minimum Gasteiger partial charge on any atom is -0.360 e. The van der Waals surface area contributed by atoms with Crippen LogP contribution in [0.4, 0.5) is 5.82 Å².